The highest BCUT2D eigenvalue weighted by Gasteiger charge is 2.14. The summed E-state index contributed by atoms with van der Waals surface area (Å²) in [5.41, 5.74) is 0.951. The molecule has 0 aliphatic heterocycles. The van der Waals surface area contributed by atoms with Crippen LogP contribution in [0.25, 0.3) is 10.4 Å². The zero-order valence-corrected chi connectivity index (χ0v) is 14.7. The fourth-order valence-electron chi connectivity index (χ4n) is 2.02. The molecule has 0 bridgehead atoms. The van der Waals surface area contributed by atoms with Gasteiger partial charge in [-0.3, -0.25) is 4.79 Å². The predicted octanol–water partition coefficient (Wildman–Crippen LogP) is 4.16. The first-order valence-electron chi connectivity index (χ1n) is 7.27. The van der Waals surface area contributed by atoms with Gasteiger partial charge < -0.3 is 14.6 Å². The van der Waals surface area contributed by atoms with E-state index in [0.717, 1.165) is 10.4 Å². The molecule has 25 heavy (non-hydrogen) atoms. The lowest BCUT2D eigenvalue weighted by Gasteiger charge is -2.03. The van der Waals surface area contributed by atoms with Crippen LogP contribution in [-0.4, -0.2) is 23.6 Å². The van der Waals surface area contributed by atoms with Gasteiger partial charge >= 0.3 is 5.97 Å². The topological polar surface area (TPSA) is 81.4 Å². The molecule has 0 saturated heterocycles. The summed E-state index contributed by atoms with van der Waals surface area (Å²) in [5.74, 6) is -0.201. The molecule has 6 nitrogen and oxygen atoms in total. The van der Waals surface area contributed by atoms with Crippen molar-refractivity contribution in [2.24, 2.45) is 0 Å². The number of ether oxygens (including phenoxy) is 1. The fraction of sp³-hybridized carbons (Fsp3) is 0.118. The number of hydrogen-bond acceptors (Lipinski definition) is 6. The van der Waals surface area contributed by atoms with Crippen molar-refractivity contribution in [2.75, 3.05) is 11.9 Å². The third-order valence-electron chi connectivity index (χ3n) is 3.17. The van der Waals surface area contributed by atoms with Gasteiger partial charge in [0.05, 0.1) is 0 Å². The second-order valence-electron chi connectivity index (χ2n) is 5.12. The number of aryl methyl sites for hydroxylation is 1. The Bertz CT molecular complexity index is 902. The molecule has 0 spiro atoms. The lowest BCUT2D eigenvalue weighted by molar-refractivity contribution is -0.119. The highest BCUT2D eigenvalue weighted by Crippen LogP contribution is 2.29. The van der Waals surface area contributed by atoms with E-state index in [0.29, 0.717) is 15.7 Å². The van der Waals surface area contributed by atoms with E-state index in [-0.39, 0.29) is 5.82 Å². The lowest BCUT2D eigenvalue weighted by atomic mass is 10.2. The molecule has 8 heteroatoms. The Balaban J connectivity index is 1.56. The largest absolute Gasteiger partial charge is 0.451 e. The van der Waals surface area contributed by atoms with Crippen LogP contribution in [0.15, 0.2) is 47.0 Å². The smallest absolute Gasteiger partial charge is 0.348 e. The van der Waals surface area contributed by atoms with Crippen LogP contribution in [0, 0.1) is 6.92 Å². The molecule has 0 aliphatic rings. The van der Waals surface area contributed by atoms with Crippen LogP contribution >= 0.6 is 22.9 Å². The monoisotopic (exact) mass is 376 g/mol. The number of nitrogens with one attached hydrogen (secondary N) is 1. The SMILES string of the molecule is Cc1cc(NC(=O)COC(=O)c2ccc(-c3ccc(Cl)cc3)s2)no1. The summed E-state index contributed by atoms with van der Waals surface area (Å²) in [6.07, 6.45) is 0. The zero-order chi connectivity index (χ0) is 17.8. The summed E-state index contributed by atoms with van der Waals surface area (Å²) in [6, 6.07) is 12.4. The summed E-state index contributed by atoms with van der Waals surface area (Å²) in [5, 5.41) is 6.75. The first-order valence-corrected chi connectivity index (χ1v) is 8.47. The number of amides is 1. The van der Waals surface area contributed by atoms with Crippen molar-refractivity contribution in [2.45, 2.75) is 6.92 Å². The van der Waals surface area contributed by atoms with Crippen molar-refractivity contribution < 1.29 is 18.8 Å². The van der Waals surface area contributed by atoms with Crippen molar-refractivity contribution in [3.05, 3.63) is 58.1 Å². The van der Waals surface area contributed by atoms with E-state index < -0.39 is 18.5 Å². The van der Waals surface area contributed by atoms with Crippen LogP contribution < -0.4 is 5.32 Å². The van der Waals surface area contributed by atoms with Gasteiger partial charge in [0, 0.05) is 16.0 Å². The van der Waals surface area contributed by atoms with Crippen LogP contribution in [0.4, 0.5) is 5.82 Å². The molecule has 0 radical (unpaired) electrons. The molecule has 128 valence electrons. The van der Waals surface area contributed by atoms with Crippen LogP contribution in [0.1, 0.15) is 15.4 Å². The van der Waals surface area contributed by atoms with Gasteiger partial charge in [-0.15, -0.1) is 11.3 Å². The maximum atomic E-state index is 12.1. The Morgan fingerprint density at radius 1 is 1.24 bits per heavy atom. The molecule has 1 aromatic carbocycles. The number of rotatable bonds is 5. The van der Waals surface area contributed by atoms with E-state index in [2.05, 4.69) is 10.5 Å². The number of aromatic nitrogens is 1. The van der Waals surface area contributed by atoms with Gasteiger partial charge in [0.15, 0.2) is 12.4 Å². The Kier molecular flexibility index (Phi) is 5.16. The maximum absolute atomic E-state index is 12.1. The van der Waals surface area contributed by atoms with Gasteiger partial charge in [-0.1, -0.05) is 28.9 Å². The van der Waals surface area contributed by atoms with Gasteiger partial charge in [0.2, 0.25) is 0 Å². The van der Waals surface area contributed by atoms with Crippen LogP contribution in [0.3, 0.4) is 0 Å². The second-order valence-corrected chi connectivity index (χ2v) is 6.64. The van der Waals surface area contributed by atoms with Gasteiger partial charge in [0.25, 0.3) is 5.91 Å². The first kappa shape index (κ1) is 17.2. The molecule has 0 saturated carbocycles. The van der Waals surface area contributed by atoms with Crippen molar-refractivity contribution in [3.63, 3.8) is 0 Å². The number of anilines is 1. The number of thiophene rings is 1. The summed E-state index contributed by atoms with van der Waals surface area (Å²) >= 11 is 7.15. The molecule has 1 amide bonds. The standard InChI is InChI=1S/C17H13ClN2O4S/c1-10-8-15(20-24-10)19-16(21)9-23-17(22)14-7-6-13(25-14)11-2-4-12(18)5-3-11/h2-8H,9H2,1H3,(H,19,20,21). The Hall–Kier alpha value is -2.64. The molecule has 0 unspecified atom stereocenters. The van der Waals surface area contributed by atoms with E-state index in [1.807, 2.05) is 18.2 Å². The molecule has 0 atom stereocenters. The maximum Gasteiger partial charge on any atom is 0.348 e. The van der Waals surface area contributed by atoms with E-state index in [9.17, 15) is 9.59 Å². The van der Waals surface area contributed by atoms with Crippen LogP contribution in [-0.2, 0) is 9.53 Å². The van der Waals surface area contributed by atoms with Crippen molar-refractivity contribution in [3.8, 4) is 10.4 Å². The molecule has 2 heterocycles. The zero-order valence-electron chi connectivity index (χ0n) is 13.1. The second kappa shape index (κ2) is 7.50. The number of nitrogens with zero attached hydrogens (tertiary/aromatic N) is 1. The third kappa shape index (κ3) is 4.46. The van der Waals surface area contributed by atoms with Gasteiger partial charge in [-0.2, -0.15) is 0 Å². The molecule has 0 fully saturated rings. The molecule has 3 rings (SSSR count). The number of carbonyl (C=O) groups excluding carboxylic acids is 2. The van der Waals surface area contributed by atoms with Gasteiger partial charge in [-0.25, -0.2) is 4.79 Å². The van der Waals surface area contributed by atoms with Crippen molar-refractivity contribution in [1.82, 2.24) is 5.16 Å². The summed E-state index contributed by atoms with van der Waals surface area (Å²) in [4.78, 5) is 25.1. The quantitative estimate of drug-likeness (QED) is 0.676. The first-order chi connectivity index (χ1) is 12.0. The summed E-state index contributed by atoms with van der Waals surface area (Å²) < 4.78 is 9.85. The normalized spacial score (nSPS) is 10.5. The number of benzene rings is 1. The number of esters is 1. The van der Waals surface area contributed by atoms with Gasteiger partial charge in [-0.05, 0) is 36.8 Å². The van der Waals surface area contributed by atoms with E-state index in [1.165, 1.54) is 11.3 Å². The van der Waals surface area contributed by atoms with Crippen molar-refractivity contribution >= 4 is 40.6 Å². The minimum atomic E-state index is -0.559. The van der Waals surface area contributed by atoms with Crippen molar-refractivity contribution in [1.29, 1.82) is 0 Å². The van der Waals surface area contributed by atoms with E-state index in [1.54, 1.807) is 31.2 Å². The highest BCUT2D eigenvalue weighted by molar-refractivity contribution is 7.17. The molecular weight excluding hydrogens is 364 g/mol. The molecule has 0 aliphatic carbocycles. The summed E-state index contributed by atoms with van der Waals surface area (Å²) in [6.45, 7) is 1.30. The highest BCUT2D eigenvalue weighted by atomic mass is 35.5. The van der Waals surface area contributed by atoms with Crippen LogP contribution in [0.5, 0.6) is 0 Å². The van der Waals surface area contributed by atoms with E-state index in [4.69, 9.17) is 20.9 Å². The van der Waals surface area contributed by atoms with E-state index >= 15 is 0 Å². The number of hydrogen-bond donors (Lipinski definition) is 1. The Labute approximate surface area is 152 Å². The number of carbonyl (C=O) groups is 2. The third-order valence-corrected chi connectivity index (χ3v) is 4.53. The minimum absolute atomic E-state index is 0.277. The Morgan fingerprint density at radius 2 is 2.00 bits per heavy atom. The molecule has 2 aromatic heterocycles. The van der Waals surface area contributed by atoms with Gasteiger partial charge in [0.1, 0.15) is 10.6 Å². The fourth-order valence-corrected chi connectivity index (χ4v) is 3.05. The Morgan fingerprint density at radius 3 is 2.68 bits per heavy atom. The molecule has 3 aromatic rings. The molecular formula is C17H13ClN2O4S. The predicted molar refractivity (Wildman–Crippen MR) is 94.9 cm³/mol. The number of halogens is 1. The lowest BCUT2D eigenvalue weighted by Crippen LogP contribution is -2.20. The molecule has 1 N–H and O–H groups in total. The van der Waals surface area contributed by atoms with Crippen LogP contribution in [0.2, 0.25) is 5.02 Å². The average Bonchev–Trinajstić information content (AvgIpc) is 3.23. The summed E-state index contributed by atoms with van der Waals surface area (Å²) in [7, 11) is 0. The average molecular weight is 377 g/mol. The minimum Gasteiger partial charge on any atom is -0.451 e.